The van der Waals surface area contributed by atoms with E-state index in [1.807, 2.05) is 61.3 Å². The van der Waals surface area contributed by atoms with Gasteiger partial charge in [0.25, 0.3) is 0 Å². The number of rotatable bonds is 6. The maximum Gasteiger partial charge on any atom is 0.237 e. The second kappa shape index (κ2) is 7.76. The van der Waals surface area contributed by atoms with Gasteiger partial charge in [-0.15, -0.1) is 5.10 Å². The Morgan fingerprint density at radius 2 is 2.08 bits per heavy atom. The van der Waals surface area contributed by atoms with Crippen LogP contribution in [0.4, 0.5) is 0 Å². The first-order valence-corrected chi connectivity index (χ1v) is 8.47. The molecule has 2 heterocycles. The molecule has 1 aromatic carbocycles. The molecule has 3 rings (SSSR count). The van der Waals surface area contributed by atoms with Crippen molar-refractivity contribution in [3.63, 3.8) is 0 Å². The molecular weight excluding hydrogens is 318 g/mol. The summed E-state index contributed by atoms with van der Waals surface area (Å²) >= 11 is 0. The third-order valence-electron chi connectivity index (χ3n) is 4.35. The molecule has 0 spiro atoms. The summed E-state index contributed by atoms with van der Waals surface area (Å²) in [7, 11) is 5.69. The van der Waals surface area contributed by atoms with E-state index < -0.39 is 0 Å². The van der Waals surface area contributed by atoms with E-state index in [0.29, 0.717) is 32.8 Å². The Morgan fingerprint density at radius 1 is 1.32 bits per heavy atom. The number of carbonyl (C=O) groups excluding carboxylic acids is 1. The number of benzene rings is 1. The molecule has 0 aliphatic carbocycles. The minimum Gasteiger partial charge on any atom is -0.376 e. The first-order valence-electron chi connectivity index (χ1n) is 8.47. The van der Waals surface area contributed by atoms with Gasteiger partial charge >= 0.3 is 0 Å². The Kier molecular flexibility index (Phi) is 5.45. The standard InChI is InChI=1S/C18H25N5O2/c1-21(2)11-17(24)23-9-15(18-16(10-23)19-20-22(18)3)13-25-12-14-7-5-4-6-8-14/h4-8,15H,9-13H2,1-3H3. The van der Waals surface area contributed by atoms with E-state index in [4.69, 9.17) is 4.74 Å². The SMILES string of the molecule is CN(C)CC(=O)N1Cc2nnn(C)c2C(COCc2ccccc2)C1. The highest BCUT2D eigenvalue weighted by Gasteiger charge is 2.32. The molecule has 25 heavy (non-hydrogen) atoms. The molecule has 1 atom stereocenters. The van der Waals surface area contributed by atoms with E-state index in [1.165, 1.54) is 0 Å². The number of amides is 1. The lowest BCUT2D eigenvalue weighted by Crippen LogP contribution is -2.43. The lowest BCUT2D eigenvalue weighted by Gasteiger charge is -2.32. The summed E-state index contributed by atoms with van der Waals surface area (Å²) in [5, 5.41) is 8.37. The van der Waals surface area contributed by atoms with Gasteiger partial charge in [0.1, 0.15) is 5.69 Å². The fourth-order valence-electron chi connectivity index (χ4n) is 3.20. The fraction of sp³-hybridized carbons (Fsp3) is 0.500. The van der Waals surface area contributed by atoms with E-state index >= 15 is 0 Å². The Morgan fingerprint density at radius 3 is 2.80 bits per heavy atom. The number of aromatic nitrogens is 3. The van der Waals surface area contributed by atoms with E-state index in [-0.39, 0.29) is 11.8 Å². The summed E-state index contributed by atoms with van der Waals surface area (Å²) in [6.07, 6.45) is 0. The van der Waals surface area contributed by atoms with Crippen LogP contribution in [0.5, 0.6) is 0 Å². The summed E-state index contributed by atoms with van der Waals surface area (Å²) < 4.78 is 7.74. The van der Waals surface area contributed by atoms with Gasteiger partial charge in [-0.05, 0) is 19.7 Å². The lowest BCUT2D eigenvalue weighted by molar-refractivity contribution is -0.133. The number of carbonyl (C=O) groups is 1. The van der Waals surface area contributed by atoms with Gasteiger partial charge in [-0.25, -0.2) is 0 Å². The second-order valence-electron chi connectivity index (χ2n) is 6.75. The molecule has 0 saturated carbocycles. The Balaban J connectivity index is 1.68. The monoisotopic (exact) mass is 343 g/mol. The molecule has 0 saturated heterocycles. The smallest absolute Gasteiger partial charge is 0.237 e. The lowest BCUT2D eigenvalue weighted by atomic mass is 9.99. The molecular formula is C18H25N5O2. The molecule has 2 aromatic rings. The average molecular weight is 343 g/mol. The van der Waals surface area contributed by atoms with Gasteiger partial charge < -0.3 is 14.5 Å². The van der Waals surface area contributed by atoms with Crippen LogP contribution in [0, 0.1) is 0 Å². The van der Waals surface area contributed by atoms with Gasteiger partial charge in [0.05, 0.1) is 32.0 Å². The van der Waals surface area contributed by atoms with Gasteiger partial charge in [0, 0.05) is 19.5 Å². The van der Waals surface area contributed by atoms with E-state index in [2.05, 4.69) is 10.3 Å². The summed E-state index contributed by atoms with van der Waals surface area (Å²) in [5.41, 5.74) is 3.08. The Bertz CT molecular complexity index is 714. The third-order valence-corrected chi connectivity index (χ3v) is 4.35. The topological polar surface area (TPSA) is 63.5 Å². The zero-order valence-corrected chi connectivity index (χ0v) is 15.1. The molecule has 0 fully saturated rings. The van der Waals surface area contributed by atoms with Crippen molar-refractivity contribution in [3.8, 4) is 0 Å². The first kappa shape index (κ1) is 17.6. The molecule has 134 valence electrons. The Labute approximate surface area is 148 Å². The average Bonchev–Trinajstić information content (AvgIpc) is 2.96. The summed E-state index contributed by atoms with van der Waals surface area (Å²) in [6, 6.07) is 10.1. The van der Waals surface area contributed by atoms with Gasteiger partial charge in [0.15, 0.2) is 0 Å². The van der Waals surface area contributed by atoms with Crippen LogP contribution in [-0.4, -0.2) is 64.5 Å². The highest BCUT2D eigenvalue weighted by atomic mass is 16.5. The van der Waals surface area contributed by atoms with Gasteiger partial charge in [-0.3, -0.25) is 9.48 Å². The number of hydrogen-bond donors (Lipinski definition) is 0. The first-order chi connectivity index (χ1) is 12.0. The maximum atomic E-state index is 12.5. The largest absolute Gasteiger partial charge is 0.376 e. The van der Waals surface area contributed by atoms with Crippen molar-refractivity contribution in [2.45, 2.75) is 19.1 Å². The third kappa shape index (κ3) is 4.24. The molecule has 1 aliphatic rings. The van der Waals surface area contributed by atoms with Crippen LogP contribution in [0.25, 0.3) is 0 Å². The number of ether oxygens (including phenoxy) is 1. The van der Waals surface area contributed by atoms with Crippen LogP contribution in [0.1, 0.15) is 22.9 Å². The summed E-state index contributed by atoms with van der Waals surface area (Å²) in [6.45, 7) is 2.65. The Hall–Kier alpha value is -2.25. The molecule has 7 nitrogen and oxygen atoms in total. The normalized spacial score (nSPS) is 17.0. The molecule has 0 radical (unpaired) electrons. The summed E-state index contributed by atoms with van der Waals surface area (Å²) in [5.74, 6) is 0.188. The van der Waals surface area contributed by atoms with Crippen molar-refractivity contribution in [3.05, 3.63) is 47.3 Å². The highest BCUT2D eigenvalue weighted by Crippen LogP contribution is 2.27. The van der Waals surface area contributed by atoms with Crippen molar-refractivity contribution in [1.82, 2.24) is 24.8 Å². The molecule has 1 aliphatic heterocycles. The zero-order chi connectivity index (χ0) is 17.8. The van der Waals surface area contributed by atoms with Crippen molar-refractivity contribution in [2.75, 3.05) is 33.8 Å². The number of aryl methyl sites for hydroxylation is 1. The number of nitrogens with zero attached hydrogens (tertiary/aromatic N) is 5. The molecule has 1 unspecified atom stereocenters. The van der Waals surface area contributed by atoms with E-state index in [9.17, 15) is 4.79 Å². The van der Waals surface area contributed by atoms with Gasteiger partial charge in [-0.2, -0.15) is 0 Å². The van der Waals surface area contributed by atoms with Gasteiger partial charge in [0.2, 0.25) is 5.91 Å². The van der Waals surface area contributed by atoms with Crippen LogP contribution in [0.2, 0.25) is 0 Å². The van der Waals surface area contributed by atoms with Crippen LogP contribution >= 0.6 is 0 Å². The van der Waals surface area contributed by atoms with E-state index in [1.54, 1.807) is 4.68 Å². The van der Waals surface area contributed by atoms with E-state index in [0.717, 1.165) is 17.0 Å². The van der Waals surface area contributed by atoms with Crippen molar-refractivity contribution < 1.29 is 9.53 Å². The minimum absolute atomic E-state index is 0.0820. The van der Waals surface area contributed by atoms with Crippen molar-refractivity contribution >= 4 is 5.91 Å². The highest BCUT2D eigenvalue weighted by molar-refractivity contribution is 5.78. The predicted molar refractivity (Wildman–Crippen MR) is 93.8 cm³/mol. The minimum atomic E-state index is 0.0820. The molecule has 0 N–H and O–H groups in total. The summed E-state index contributed by atoms with van der Waals surface area (Å²) in [4.78, 5) is 16.2. The van der Waals surface area contributed by atoms with Crippen molar-refractivity contribution in [1.29, 1.82) is 0 Å². The van der Waals surface area contributed by atoms with Crippen LogP contribution in [-0.2, 0) is 29.7 Å². The van der Waals surface area contributed by atoms with Crippen LogP contribution in [0.15, 0.2) is 30.3 Å². The molecule has 1 aromatic heterocycles. The molecule has 7 heteroatoms. The van der Waals surface area contributed by atoms with Crippen molar-refractivity contribution in [2.24, 2.45) is 7.05 Å². The quantitative estimate of drug-likeness (QED) is 0.784. The fourth-order valence-corrected chi connectivity index (χ4v) is 3.20. The molecule has 0 bridgehead atoms. The predicted octanol–water partition coefficient (Wildman–Crippen LogP) is 1.02. The van der Waals surface area contributed by atoms with Crippen LogP contribution < -0.4 is 0 Å². The number of likely N-dealkylation sites (N-methyl/N-ethyl adjacent to an activating group) is 1. The molecule has 1 amide bonds. The number of fused-ring (bicyclic) bond motifs is 1. The van der Waals surface area contributed by atoms with Gasteiger partial charge in [-0.1, -0.05) is 35.5 Å². The zero-order valence-electron chi connectivity index (χ0n) is 15.1. The second-order valence-corrected chi connectivity index (χ2v) is 6.75. The van der Waals surface area contributed by atoms with Crippen LogP contribution in [0.3, 0.4) is 0 Å². The number of hydrogen-bond acceptors (Lipinski definition) is 5. The maximum absolute atomic E-state index is 12.5.